The third kappa shape index (κ3) is 6.65. The molecular weight excluding hydrogens is 336 g/mol. The number of nitrogens with one attached hydrogen (secondary N) is 2. The molecule has 0 aliphatic heterocycles. The zero-order valence-corrected chi connectivity index (χ0v) is 14.4. The molecule has 3 N–H and O–H groups in total. The van der Waals surface area contributed by atoms with Crippen LogP contribution in [0.15, 0.2) is 35.2 Å². The van der Waals surface area contributed by atoms with E-state index < -0.39 is 27.4 Å². The van der Waals surface area contributed by atoms with Gasteiger partial charge in [-0.2, -0.15) is 0 Å². The van der Waals surface area contributed by atoms with Gasteiger partial charge in [-0.25, -0.2) is 13.1 Å². The molecule has 0 aromatic heterocycles. The van der Waals surface area contributed by atoms with Gasteiger partial charge in [0.25, 0.3) is 0 Å². The highest BCUT2D eigenvalue weighted by Crippen LogP contribution is 2.11. The number of sulfonamides is 1. The fourth-order valence-corrected chi connectivity index (χ4v) is 3.22. The van der Waals surface area contributed by atoms with E-state index in [0.717, 1.165) is 0 Å². The molecule has 24 heavy (non-hydrogen) atoms. The van der Waals surface area contributed by atoms with Crippen LogP contribution in [0.1, 0.15) is 19.8 Å². The molecule has 0 heterocycles. The molecule has 0 saturated heterocycles. The molecular formula is C15H22N2O6S. The van der Waals surface area contributed by atoms with Gasteiger partial charge in [-0.3, -0.25) is 9.59 Å². The lowest BCUT2D eigenvalue weighted by atomic mass is 9.99. The minimum Gasteiger partial charge on any atom is -0.481 e. The summed E-state index contributed by atoms with van der Waals surface area (Å²) in [5.74, 6) is -1.54. The molecule has 1 atom stereocenters. The van der Waals surface area contributed by atoms with Gasteiger partial charge in [0.2, 0.25) is 15.9 Å². The molecule has 9 heteroatoms. The van der Waals surface area contributed by atoms with Gasteiger partial charge in [0, 0.05) is 20.1 Å². The Morgan fingerprint density at radius 3 is 2.42 bits per heavy atom. The summed E-state index contributed by atoms with van der Waals surface area (Å²) < 4.78 is 31.3. The zero-order valence-electron chi connectivity index (χ0n) is 13.6. The number of hydrogen-bond acceptors (Lipinski definition) is 5. The number of ether oxygens (including phenoxy) is 1. The summed E-state index contributed by atoms with van der Waals surface area (Å²) in [6.07, 6.45) is -0.423. The maximum Gasteiger partial charge on any atom is 0.305 e. The number of hydrogen-bond donors (Lipinski definition) is 3. The van der Waals surface area contributed by atoms with E-state index in [-0.39, 0.29) is 30.9 Å². The second-order valence-corrected chi connectivity index (χ2v) is 7.34. The van der Waals surface area contributed by atoms with E-state index >= 15 is 0 Å². The predicted molar refractivity (Wildman–Crippen MR) is 86.9 cm³/mol. The molecule has 8 nitrogen and oxygen atoms in total. The first kappa shape index (κ1) is 20.1. The van der Waals surface area contributed by atoms with E-state index in [4.69, 9.17) is 9.84 Å². The van der Waals surface area contributed by atoms with Crippen LogP contribution in [0.4, 0.5) is 0 Å². The van der Waals surface area contributed by atoms with Gasteiger partial charge in [-0.15, -0.1) is 0 Å². The molecule has 0 aliphatic carbocycles. The lowest BCUT2D eigenvalue weighted by molar-refractivity contribution is -0.139. The highest BCUT2D eigenvalue weighted by atomic mass is 32.2. The topological polar surface area (TPSA) is 122 Å². The Morgan fingerprint density at radius 2 is 1.88 bits per heavy atom. The average Bonchev–Trinajstić information content (AvgIpc) is 2.46. The van der Waals surface area contributed by atoms with Crippen molar-refractivity contribution in [2.75, 3.05) is 20.3 Å². The van der Waals surface area contributed by atoms with Gasteiger partial charge in [0.15, 0.2) is 0 Å². The number of carboxylic acids is 1. The summed E-state index contributed by atoms with van der Waals surface area (Å²) in [4.78, 5) is 22.9. The summed E-state index contributed by atoms with van der Waals surface area (Å²) >= 11 is 0. The summed E-state index contributed by atoms with van der Waals surface area (Å²) in [5.41, 5.74) is -1.06. The maximum atomic E-state index is 12.0. The number of amides is 1. The molecule has 0 bridgehead atoms. The van der Waals surface area contributed by atoms with Crippen molar-refractivity contribution in [1.82, 2.24) is 10.0 Å². The molecule has 0 spiro atoms. The predicted octanol–water partition coefficient (Wildman–Crippen LogP) is 0.351. The second-order valence-electron chi connectivity index (χ2n) is 5.57. The smallest absolute Gasteiger partial charge is 0.305 e. The van der Waals surface area contributed by atoms with E-state index in [0.29, 0.717) is 0 Å². The van der Waals surface area contributed by atoms with Crippen LogP contribution in [0.3, 0.4) is 0 Å². The Labute approximate surface area is 141 Å². The normalized spacial score (nSPS) is 13.9. The molecule has 1 rings (SSSR count). The third-order valence-electron chi connectivity index (χ3n) is 3.14. The first-order valence-corrected chi connectivity index (χ1v) is 8.73. The lowest BCUT2D eigenvalue weighted by Gasteiger charge is -2.28. The Balaban J connectivity index is 2.55. The molecule has 0 aliphatic rings. The van der Waals surface area contributed by atoms with Crippen LogP contribution >= 0.6 is 0 Å². The van der Waals surface area contributed by atoms with Gasteiger partial charge in [-0.05, 0) is 19.1 Å². The number of rotatable bonds is 10. The number of methoxy groups -OCH3 is 1. The van der Waals surface area contributed by atoms with Crippen LogP contribution < -0.4 is 10.0 Å². The largest absolute Gasteiger partial charge is 0.481 e. The Hall–Kier alpha value is -1.97. The molecule has 1 amide bonds. The number of aliphatic carboxylic acids is 1. The van der Waals surface area contributed by atoms with Gasteiger partial charge in [0.1, 0.15) is 0 Å². The van der Waals surface area contributed by atoms with E-state index in [1.54, 1.807) is 25.1 Å². The minimum absolute atomic E-state index is 0.0286. The van der Waals surface area contributed by atoms with Crippen molar-refractivity contribution < 1.29 is 27.9 Å². The minimum atomic E-state index is -3.68. The highest BCUT2D eigenvalue weighted by Gasteiger charge is 2.29. The summed E-state index contributed by atoms with van der Waals surface area (Å²) in [7, 11) is -2.27. The van der Waals surface area contributed by atoms with E-state index in [9.17, 15) is 18.0 Å². The standard InChI is InChI=1S/C15H22N2O6S/c1-15(11-23-2,10-14(19)20)17-13(18)8-9-16-24(21,22)12-6-4-3-5-7-12/h3-7,16H,8-11H2,1-2H3,(H,17,18)(H,19,20). The summed E-state index contributed by atoms with van der Waals surface area (Å²) in [6, 6.07) is 7.80. The van der Waals surface area contributed by atoms with Gasteiger partial charge in [0.05, 0.1) is 23.5 Å². The van der Waals surface area contributed by atoms with Gasteiger partial charge < -0.3 is 15.2 Å². The number of carbonyl (C=O) groups excluding carboxylic acids is 1. The van der Waals surface area contributed by atoms with Crippen molar-refractivity contribution >= 4 is 21.9 Å². The third-order valence-corrected chi connectivity index (χ3v) is 4.62. The number of carbonyl (C=O) groups is 2. The first-order valence-electron chi connectivity index (χ1n) is 7.25. The van der Waals surface area contributed by atoms with Crippen LogP contribution in [0.2, 0.25) is 0 Å². The van der Waals surface area contributed by atoms with Crippen molar-refractivity contribution in [3.8, 4) is 0 Å². The molecule has 134 valence electrons. The second kappa shape index (κ2) is 8.76. The van der Waals surface area contributed by atoms with Crippen LogP contribution in [-0.4, -0.2) is 51.2 Å². The molecule has 1 aromatic rings. The average molecular weight is 358 g/mol. The van der Waals surface area contributed by atoms with Crippen LogP contribution in [0, 0.1) is 0 Å². The summed E-state index contributed by atoms with van der Waals surface area (Å²) in [5, 5.41) is 11.5. The van der Waals surface area contributed by atoms with Crippen LogP contribution in [0.25, 0.3) is 0 Å². The van der Waals surface area contributed by atoms with Crippen molar-refractivity contribution in [3.05, 3.63) is 30.3 Å². The Kier molecular flexibility index (Phi) is 7.33. The fourth-order valence-electron chi connectivity index (χ4n) is 2.16. The van der Waals surface area contributed by atoms with Gasteiger partial charge in [-0.1, -0.05) is 18.2 Å². The van der Waals surface area contributed by atoms with E-state index in [2.05, 4.69) is 10.0 Å². The van der Waals surface area contributed by atoms with Crippen molar-refractivity contribution in [3.63, 3.8) is 0 Å². The Morgan fingerprint density at radius 1 is 1.25 bits per heavy atom. The van der Waals surface area contributed by atoms with Crippen LogP contribution in [-0.2, 0) is 24.3 Å². The zero-order chi connectivity index (χ0) is 18.2. The highest BCUT2D eigenvalue weighted by molar-refractivity contribution is 7.89. The molecule has 0 radical (unpaired) electrons. The Bertz CT molecular complexity index is 662. The molecule has 1 unspecified atom stereocenters. The molecule has 1 aromatic carbocycles. The van der Waals surface area contributed by atoms with Crippen molar-refractivity contribution in [1.29, 1.82) is 0 Å². The SMILES string of the molecule is COCC(C)(CC(=O)O)NC(=O)CCNS(=O)(=O)c1ccccc1. The quantitative estimate of drug-likeness (QED) is 0.555. The molecule has 0 fully saturated rings. The number of benzene rings is 1. The fraction of sp³-hybridized carbons (Fsp3) is 0.467. The van der Waals surface area contributed by atoms with E-state index in [1.807, 2.05) is 0 Å². The van der Waals surface area contributed by atoms with Crippen molar-refractivity contribution in [2.24, 2.45) is 0 Å². The van der Waals surface area contributed by atoms with Crippen molar-refractivity contribution in [2.45, 2.75) is 30.2 Å². The van der Waals surface area contributed by atoms with Gasteiger partial charge >= 0.3 is 5.97 Å². The lowest BCUT2D eigenvalue weighted by Crippen LogP contribution is -2.51. The maximum absolute atomic E-state index is 12.0. The monoisotopic (exact) mass is 358 g/mol. The summed E-state index contributed by atoms with van der Waals surface area (Å²) in [6.45, 7) is 1.48. The van der Waals surface area contributed by atoms with Crippen LogP contribution in [0.5, 0.6) is 0 Å². The molecule has 0 saturated carbocycles. The number of carboxylic acid groups (broad SMARTS) is 1. The van der Waals surface area contributed by atoms with E-state index in [1.165, 1.54) is 19.2 Å². The first-order chi connectivity index (χ1) is 11.2.